The third-order valence-corrected chi connectivity index (χ3v) is 3.87. The predicted octanol–water partition coefficient (Wildman–Crippen LogP) is 3.34. The van der Waals surface area contributed by atoms with Crippen molar-refractivity contribution in [2.24, 2.45) is 0 Å². The lowest BCUT2D eigenvalue weighted by Gasteiger charge is -2.03. The summed E-state index contributed by atoms with van der Waals surface area (Å²) in [6, 6.07) is 16.9. The standard InChI is InChI=1S/C18H13N5OS/c24-17-13-8-4-5-9-14(13)19-15(20-17)10-11-16-21-18(25)22-23(16)12-6-2-1-3-7-12/h1-11H,(H,22,25)(H,19,20,24)/b11-10-. The molecule has 0 aliphatic rings. The molecular weight excluding hydrogens is 334 g/mol. The van der Waals surface area contributed by atoms with Crippen LogP contribution in [0.25, 0.3) is 28.7 Å². The van der Waals surface area contributed by atoms with E-state index in [1.54, 1.807) is 22.9 Å². The third-order valence-electron chi connectivity index (χ3n) is 3.69. The van der Waals surface area contributed by atoms with Crippen LogP contribution < -0.4 is 5.56 Å². The van der Waals surface area contributed by atoms with E-state index in [9.17, 15) is 4.79 Å². The molecular formula is C18H13N5OS. The van der Waals surface area contributed by atoms with Crippen molar-refractivity contribution in [1.29, 1.82) is 0 Å². The number of hydrogen-bond acceptors (Lipinski definition) is 4. The second-order valence-corrected chi connectivity index (χ2v) is 5.75. The summed E-state index contributed by atoms with van der Waals surface area (Å²) in [6.07, 6.45) is 3.46. The van der Waals surface area contributed by atoms with Gasteiger partial charge in [-0.1, -0.05) is 30.3 Å². The van der Waals surface area contributed by atoms with Crippen molar-refractivity contribution < 1.29 is 0 Å². The zero-order chi connectivity index (χ0) is 17.2. The zero-order valence-electron chi connectivity index (χ0n) is 13.0. The van der Waals surface area contributed by atoms with Crippen molar-refractivity contribution in [3.63, 3.8) is 0 Å². The number of fused-ring (bicyclic) bond motifs is 1. The Hall–Kier alpha value is -3.32. The van der Waals surface area contributed by atoms with Gasteiger partial charge in [0.05, 0.1) is 16.6 Å². The van der Waals surface area contributed by atoms with Gasteiger partial charge in [0.2, 0.25) is 4.77 Å². The van der Waals surface area contributed by atoms with Crippen LogP contribution in [0.4, 0.5) is 0 Å². The molecule has 0 radical (unpaired) electrons. The Bertz CT molecular complexity index is 1190. The molecule has 2 aromatic carbocycles. The highest BCUT2D eigenvalue weighted by atomic mass is 32.1. The predicted molar refractivity (Wildman–Crippen MR) is 100 cm³/mol. The second-order valence-electron chi connectivity index (χ2n) is 5.36. The molecule has 0 fully saturated rings. The Morgan fingerprint density at radius 3 is 2.56 bits per heavy atom. The molecule has 0 saturated carbocycles. The SMILES string of the molecule is O=c1[nH]c(/C=C\c2nc(=S)[nH]n2-c2ccccc2)nc2ccccc12. The number of aromatic nitrogens is 5. The first-order chi connectivity index (χ1) is 12.2. The molecule has 0 atom stereocenters. The third kappa shape index (κ3) is 3.05. The zero-order valence-corrected chi connectivity index (χ0v) is 13.8. The van der Waals surface area contributed by atoms with Crippen molar-refractivity contribution in [3.05, 3.63) is 81.4 Å². The lowest BCUT2D eigenvalue weighted by atomic mass is 10.2. The average molecular weight is 347 g/mol. The summed E-state index contributed by atoms with van der Waals surface area (Å²) in [6.45, 7) is 0. The fourth-order valence-electron chi connectivity index (χ4n) is 2.55. The van der Waals surface area contributed by atoms with Crippen molar-refractivity contribution in [2.45, 2.75) is 0 Å². The Morgan fingerprint density at radius 1 is 0.960 bits per heavy atom. The quantitative estimate of drug-likeness (QED) is 0.557. The Morgan fingerprint density at radius 2 is 1.72 bits per heavy atom. The van der Waals surface area contributed by atoms with E-state index in [0.29, 0.717) is 27.3 Å². The molecule has 4 rings (SSSR count). The first kappa shape index (κ1) is 15.2. The van der Waals surface area contributed by atoms with Crippen LogP contribution in [0.5, 0.6) is 0 Å². The highest BCUT2D eigenvalue weighted by Crippen LogP contribution is 2.11. The van der Waals surface area contributed by atoms with E-state index >= 15 is 0 Å². The highest BCUT2D eigenvalue weighted by Gasteiger charge is 2.05. The van der Waals surface area contributed by atoms with Crippen LogP contribution in [0.15, 0.2) is 59.4 Å². The van der Waals surface area contributed by atoms with Crippen LogP contribution in [0.3, 0.4) is 0 Å². The molecule has 0 unspecified atom stereocenters. The maximum Gasteiger partial charge on any atom is 0.259 e. The second kappa shape index (κ2) is 6.29. The lowest BCUT2D eigenvalue weighted by molar-refractivity contribution is 0.864. The summed E-state index contributed by atoms with van der Waals surface area (Å²) in [5.41, 5.74) is 1.38. The van der Waals surface area contributed by atoms with Gasteiger partial charge in [-0.25, -0.2) is 9.67 Å². The number of nitrogens with zero attached hydrogens (tertiary/aromatic N) is 3. The maximum atomic E-state index is 12.1. The molecule has 6 nitrogen and oxygen atoms in total. The van der Waals surface area contributed by atoms with Gasteiger partial charge in [0, 0.05) is 0 Å². The van der Waals surface area contributed by atoms with Gasteiger partial charge in [0.25, 0.3) is 5.56 Å². The average Bonchev–Trinajstić information content (AvgIpc) is 3.01. The van der Waals surface area contributed by atoms with Crippen LogP contribution in [-0.2, 0) is 0 Å². The summed E-state index contributed by atoms with van der Waals surface area (Å²) in [7, 11) is 0. The van der Waals surface area contributed by atoms with E-state index in [4.69, 9.17) is 12.2 Å². The largest absolute Gasteiger partial charge is 0.306 e. The van der Waals surface area contributed by atoms with Gasteiger partial charge in [-0.2, -0.15) is 4.98 Å². The van der Waals surface area contributed by atoms with Crippen molar-refractivity contribution >= 4 is 35.3 Å². The molecule has 0 amide bonds. The van der Waals surface area contributed by atoms with E-state index < -0.39 is 0 Å². The maximum absolute atomic E-state index is 12.1. The van der Waals surface area contributed by atoms with Gasteiger partial charge in [-0.3, -0.25) is 9.89 Å². The Labute approximate surface area is 147 Å². The van der Waals surface area contributed by atoms with Crippen LogP contribution in [0.1, 0.15) is 11.6 Å². The summed E-state index contributed by atoms with van der Waals surface area (Å²) < 4.78 is 2.15. The van der Waals surface area contributed by atoms with E-state index in [0.717, 1.165) is 5.69 Å². The molecule has 2 heterocycles. The minimum Gasteiger partial charge on any atom is -0.306 e. The summed E-state index contributed by atoms with van der Waals surface area (Å²) in [4.78, 5) is 23.6. The summed E-state index contributed by atoms with van der Waals surface area (Å²) in [5, 5.41) is 3.58. The molecule has 0 spiro atoms. The molecule has 0 aliphatic carbocycles. The highest BCUT2D eigenvalue weighted by molar-refractivity contribution is 7.71. The van der Waals surface area contributed by atoms with Gasteiger partial charge < -0.3 is 4.98 Å². The van der Waals surface area contributed by atoms with E-state index in [1.165, 1.54) is 0 Å². The fourth-order valence-corrected chi connectivity index (χ4v) is 2.74. The number of nitrogens with one attached hydrogen (secondary N) is 2. The number of rotatable bonds is 3. The molecule has 7 heteroatoms. The van der Waals surface area contributed by atoms with Gasteiger partial charge in [-0.15, -0.1) is 0 Å². The number of H-pyrrole nitrogens is 2. The van der Waals surface area contributed by atoms with E-state index in [-0.39, 0.29) is 5.56 Å². The number of para-hydroxylation sites is 2. The minimum atomic E-state index is -0.174. The van der Waals surface area contributed by atoms with Crippen LogP contribution in [0, 0.1) is 4.77 Å². The van der Waals surface area contributed by atoms with Gasteiger partial charge in [0.15, 0.2) is 5.82 Å². The molecule has 4 aromatic rings. The number of aromatic amines is 2. The van der Waals surface area contributed by atoms with Crippen LogP contribution >= 0.6 is 12.2 Å². The molecule has 2 N–H and O–H groups in total. The first-order valence-corrected chi connectivity index (χ1v) is 8.03. The van der Waals surface area contributed by atoms with Gasteiger partial charge in [-0.05, 0) is 48.6 Å². The lowest BCUT2D eigenvalue weighted by Crippen LogP contribution is -2.09. The van der Waals surface area contributed by atoms with Crippen LogP contribution in [0.2, 0.25) is 0 Å². The molecule has 122 valence electrons. The number of benzene rings is 2. The van der Waals surface area contributed by atoms with E-state index in [1.807, 2.05) is 48.5 Å². The molecule has 2 aromatic heterocycles. The first-order valence-electron chi connectivity index (χ1n) is 7.62. The normalized spacial score (nSPS) is 11.4. The monoisotopic (exact) mass is 347 g/mol. The van der Waals surface area contributed by atoms with E-state index in [2.05, 4.69) is 20.1 Å². The topological polar surface area (TPSA) is 79.4 Å². The van der Waals surface area contributed by atoms with Crippen molar-refractivity contribution in [1.82, 2.24) is 24.7 Å². The van der Waals surface area contributed by atoms with Crippen LogP contribution in [-0.4, -0.2) is 24.7 Å². The van der Waals surface area contributed by atoms with Crippen molar-refractivity contribution in [3.8, 4) is 5.69 Å². The number of hydrogen-bond donors (Lipinski definition) is 2. The minimum absolute atomic E-state index is 0.174. The fraction of sp³-hybridized carbons (Fsp3) is 0. The Balaban J connectivity index is 1.76. The summed E-state index contributed by atoms with van der Waals surface area (Å²) >= 11 is 5.14. The Kier molecular flexibility index (Phi) is 3.83. The smallest absolute Gasteiger partial charge is 0.259 e. The summed E-state index contributed by atoms with van der Waals surface area (Å²) in [5.74, 6) is 1.07. The van der Waals surface area contributed by atoms with Gasteiger partial charge >= 0.3 is 0 Å². The molecule has 0 bridgehead atoms. The van der Waals surface area contributed by atoms with Gasteiger partial charge in [0.1, 0.15) is 5.82 Å². The molecule has 0 aliphatic heterocycles. The van der Waals surface area contributed by atoms with Crippen molar-refractivity contribution in [2.75, 3.05) is 0 Å². The molecule has 0 saturated heterocycles. The molecule has 25 heavy (non-hydrogen) atoms.